The molecule has 0 radical (unpaired) electrons. The minimum absolute atomic E-state index is 0.341. The molecule has 1 heterocycles. The van der Waals surface area contributed by atoms with Crippen LogP contribution in [0.3, 0.4) is 0 Å². The summed E-state index contributed by atoms with van der Waals surface area (Å²) in [7, 11) is 0. The number of nitrogens with zero attached hydrogens (tertiary/aromatic N) is 1. The zero-order chi connectivity index (χ0) is 10.4. The van der Waals surface area contributed by atoms with Gasteiger partial charge in [0, 0.05) is 17.8 Å². The zero-order valence-corrected chi connectivity index (χ0v) is 8.50. The summed E-state index contributed by atoms with van der Waals surface area (Å²) < 4.78 is 4.83. The monoisotopic (exact) mass is 210 g/mol. The predicted molar refractivity (Wildman–Crippen MR) is 58.6 cm³/mol. The molecule has 5 heteroatoms. The normalized spacial score (nSPS) is 10.4. The maximum Gasteiger partial charge on any atom is 0.356 e. The smallest absolute Gasteiger partial charge is 0.356 e. The van der Waals surface area contributed by atoms with E-state index in [1.54, 1.807) is 19.2 Å². The summed E-state index contributed by atoms with van der Waals surface area (Å²) >= 11 is 4.58. The number of rotatable bonds is 4. The fraction of sp³-hybridized carbons (Fsp3) is 0.222. The van der Waals surface area contributed by atoms with Crippen LogP contribution in [0.2, 0.25) is 0 Å². The molecule has 1 rings (SSSR count). The van der Waals surface area contributed by atoms with E-state index in [9.17, 15) is 4.79 Å². The highest BCUT2D eigenvalue weighted by molar-refractivity contribution is 7.80. The Morgan fingerprint density at radius 1 is 1.79 bits per heavy atom. The number of carbonyl (C=O) groups is 1. The van der Waals surface area contributed by atoms with E-state index in [1.807, 2.05) is 0 Å². The predicted octanol–water partition coefficient (Wildman–Crippen LogP) is 1.89. The maximum absolute atomic E-state index is 11.3. The molecule has 1 N–H and O–H groups in total. The number of aliphatic imine (C=N–C) groups is 1. The van der Waals surface area contributed by atoms with E-state index in [2.05, 4.69) is 22.2 Å². The van der Waals surface area contributed by atoms with Gasteiger partial charge < -0.3 is 9.72 Å². The lowest BCUT2D eigenvalue weighted by Gasteiger charge is -1.99. The van der Waals surface area contributed by atoms with Crippen molar-refractivity contribution in [2.24, 2.45) is 4.99 Å². The van der Waals surface area contributed by atoms with Crippen molar-refractivity contribution in [1.29, 1.82) is 0 Å². The molecular weight excluding hydrogens is 200 g/mol. The molecule has 1 aromatic rings. The van der Waals surface area contributed by atoms with Gasteiger partial charge in [-0.1, -0.05) is 12.2 Å². The number of nitrogens with one attached hydrogen (secondary N) is 1. The first-order chi connectivity index (χ1) is 6.79. The Morgan fingerprint density at radius 3 is 3.21 bits per heavy atom. The Kier molecular flexibility index (Phi) is 4.00. The topological polar surface area (TPSA) is 54.5 Å². The Balaban J connectivity index is 2.86. The lowest BCUT2D eigenvalue weighted by molar-refractivity contribution is 0.0521. The minimum atomic E-state index is -0.408. The highest BCUT2D eigenvalue weighted by atomic mass is 32.1. The first kappa shape index (κ1) is 10.6. The summed E-state index contributed by atoms with van der Waals surface area (Å²) in [5.74, 6) is -0.408. The maximum atomic E-state index is 11.3. The van der Waals surface area contributed by atoms with Gasteiger partial charge in [0.25, 0.3) is 0 Å². The van der Waals surface area contributed by atoms with Gasteiger partial charge in [0.1, 0.15) is 0 Å². The van der Waals surface area contributed by atoms with Crippen molar-refractivity contribution in [3.8, 4) is 0 Å². The van der Waals surface area contributed by atoms with Crippen molar-refractivity contribution in [3.05, 3.63) is 18.0 Å². The first-order valence-electron chi connectivity index (χ1n) is 4.12. The van der Waals surface area contributed by atoms with Gasteiger partial charge in [-0.05, 0) is 13.0 Å². The number of carbonyl (C=O) groups excluding carboxylic acids is 1. The van der Waals surface area contributed by atoms with Crippen LogP contribution < -0.4 is 0 Å². The summed E-state index contributed by atoms with van der Waals surface area (Å²) in [5.41, 5.74) is 0.879. The second-order valence-electron chi connectivity index (χ2n) is 2.37. The molecule has 0 amide bonds. The molecule has 74 valence electrons. The van der Waals surface area contributed by atoms with Gasteiger partial charge in [0.2, 0.25) is 0 Å². The van der Waals surface area contributed by atoms with E-state index in [4.69, 9.17) is 4.74 Å². The molecule has 4 nitrogen and oxygen atoms in total. The Bertz CT molecular complexity index is 357. The Hall–Kier alpha value is -1.49. The van der Waals surface area contributed by atoms with E-state index in [1.165, 1.54) is 11.6 Å². The minimum Gasteiger partial charge on any atom is -0.461 e. The molecule has 0 aliphatic heterocycles. The van der Waals surface area contributed by atoms with Crippen LogP contribution in [0.15, 0.2) is 17.3 Å². The highest BCUT2D eigenvalue weighted by Crippen LogP contribution is 2.17. The SMILES string of the molecule is CCOC(=O)c1[nH]ccc1N=CC=S. The molecule has 0 bridgehead atoms. The number of hydrogen-bond acceptors (Lipinski definition) is 4. The van der Waals surface area contributed by atoms with Crippen LogP contribution >= 0.6 is 12.2 Å². The molecule has 0 fully saturated rings. The number of hydrogen-bond donors (Lipinski definition) is 1. The third kappa shape index (κ3) is 2.50. The van der Waals surface area contributed by atoms with Crippen LogP contribution in [0.25, 0.3) is 0 Å². The average Bonchev–Trinajstić information content (AvgIpc) is 2.63. The van der Waals surface area contributed by atoms with E-state index in [0.29, 0.717) is 18.0 Å². The van der Waals surface area contributed by atoms with Gasteiger partial charge in [-0.2, -0.15) is 0 Å². The molecular formula is C9H10N2O2S. The summed E-state index contributed by atoms with van der Waals surface area (Å²) in [6.45, 7) is 2.09. The Labute approximate surface area is 87.0 Å². The third-order valence-electron chi connectivity index (χ3n) is 1.48. The van der Waals surface area contributed by atoms with Crippen LogP contribution in [0.5, 0.6) is 0 Å². The molecule has 0 aliphatic rings. The lowest BCUT2D eigenvalue weighted by atomic mass is 10.4. The van der Waals surface area contributed by atoms with Crippen LogP contribution in [0, 0.1) is 0 Å². The van der Waals surface area contributed by atoms with Gasteiger partial charge in [-0.3, -0.25) is 4.99 Å². The fourth-order valence-electron chi connectivity index (χ4n) is 0.946. The molecule has 0 aromatic carbocycles. The zero-order valence-electron chi connectivity index (χ0n) is 7.69. The molecule has 0 saturated heterocycles. The summed E-state index contributed by atoms with van der Waals surface area (Å²) in [5, 5.41) is 1.38. The summed E-state index contributed by atoms with van der Waals surface area (Å²) in [4.78, 5) is 18.1. The summed E-state index contributed by atoms with van der Waals surface area (Å²) in [6.07, 6.45) is 3.07. The molecule has 14 heavy (non-hydrogen) atoms. The molecule has 0 saturated carbocycles. The van der Waals surface area contributed by atoms with Gasteiger partial charge in [0.15, 0.2) is 5.69 Å². The van der Waals surface area contributed by atoms with E-state index < -0.39 is 5.97 Å². The van der Waals surface area contributed by atoms with Crippen LogP contribution in [-0.2, 0) is 4.74 Å². The number of ether oxygens (including phenoxy) is 1. The molecule has 0 unspecified atom stereocenters. The van der Waals surface area contributed by atoms with Crippen LogP contribution in [-0.4, -0.2) is 29.1 Å². The largest absolute Gasteiger partial charge is 0.461 e. The van der Waals surface area contributed by atoms with Gasteiger partial charge in [0.05, 0.1) is 12.3 Å². The average molecular weight is 210 g/mol. The second-order valence-corrected chi connectivity index (χ2v) is 2.64. The number of thiocarbonyl (C=S) groups is 1. The van der Waals surface area contributed by atoms with Crippen molar-refractivity contribution >= 4 is 35.5 Å². The van der Waals surface area contributed by atoms with Gasteiger partial charge in [-0.25, -0.2) is 4.79 Å². The third-order valence-corrected chi connectivity index (χ3v) is 1.60. The van der Waals surface area contributed by atoms with E-state index in [0.717, 1.165) is 0 Å². The first-order valence-corrected chi connectivity index (χ1v) is 4.59. The summed E-state index contributed by atoms with van der Waals surface area (Å²) in [6, 6.07) is 1.68. The van der Waals surface area contributed by atoms with Crippen LogP contribution in [0.4, 0.5) is 5.69 Å². The van der Waals surface area contributed by atoms with Crippen molar-refractivity contribution in [1.82, 2.24) is 4.98 Å². The van der Waals surface area contributed by atoms with Crippen LogP contribution in [0.1, 0.15) is 17.4 Å². The Morgan fingerprint density at radius 2 is 2.57 bits per heavy atom. The van der Waals surface area contributed by atoms with Crippen molar-refractivity contribution in [2.45, 2.75) is 6.92 Å². The molecule has 0 spiro atoms. The van der Waals surface area contributed by atoms with Gasteiger partial charge >= 0.3 is 5.97 Å². The van der Waals surface area contributed by atoms with Crippen molar-refractivity contribution in [3.63, 3.8) is 0 Å². The quantitative estimate of drug-likeness (QED) is 0.469. The van der Waals surface area contributed by atoms with Crippen molar-refractivity contribution in [2.75, 3.05) is 6.61 Å². The molecule has 0 atom stereocenters. The number of aromatic amines is 1. The number of esters is 1. The van der Waals surface area contributed by atoms with Gasteiger partial charge in [-0.15, -0.1) is 0 Å². The lowest BCUT2D eigenvalue weighted by Crippen LogP contribution is -2.04. The fourth-order valence-corrected chi connectivity index (χ4v) is 1.01. The second kappa shape index (κ2) is 5.29. The highest BCUT2D eigenvalue weighted by Gasteiger charge is 2.12. The van der Waals surface area contributed by atoms with Crippen molar-refractivity contribution < 1.29 is 9.53 Å². The molecule has 0 aliphatic carbocycles. The van der Waals surface area contributed by atoms with E-state index in [-0.39, 0.29) is 0 Å². The standard InChI is InChI=1S/C9H10N2O2S/c1-2-13-9(12)8-7(3-4-11-8)10-5-6-14/h3-6,11H,2H2,1H3. The van der Waals surface area contributed by atoms with E-state index >= 15 is 0 Å². The number of aromatic nitrogens is 1. The molecule has 1 aromatic heterocycles. The number of H-pyrrole nitrogens is 1.